The second kappa shape index (κ2) is 7.79. The SMILES string of the molecule is CCNC(=NCCN1CCc2sccc2C1)NC1CC=CC1. The third-order valence-corrected chi connectivity index (χ3v) is 5.29. The van der Waals surface area contributed by atoms with Gasteiger partial charge in [-0.3, -0.25) is 9.89 Å². The van der Waals surface area contributed by atoms with Crippen molar-refractivity contribution in [1.82, 2.24) is 15.5 Å². The van der Waals surface area contributed by atoms with Crippen LogP contribution in [0.15, 0.2) is 28.6 Å². The van der Waals surface area contributed by atoms with Crippen LogP contribution in [-0.4, -0.2) is 43.1 Å². The summed E-state index contributed by atoms with van der Waals surface area (Å²) in [7, 11) is 0. The first-order chi connectivity index (χ1) is 10.8. The van der Waals surface area contributed by atoms with E-state index in [0.717, 1.165) is 45.0 Å². The van der Waals surface area contributed by atoms with E-state index in [-0.39, 0.29) is 0 Å². The third-order valence-electron chi connectivity index (χ3n) is 4.27. The van der Waals surface area contributed by atoms with Crippen LogP contribution < -0.4 is 10.6 Å². The Labute approximate surface area is 137 Å². The fourth-order valence-electron chi connectivity index (χ4n) is 3.05. The molecule has 0 radical (unpaired) electrons. The van der Waals surface area contributed by atoms with Gasteiger partial charge in [-0.2, -0.15) is 0 Å². The lowest BCUT2D eigenvalue weighted by atomic mass is 10.1. The number of guanidine groups is 1. The highest BCUT2D eigenvalue weighted by Gasteiger charge is 2.16. The fraction of sp³-hybridized carbons (Fsp3) is 0.588. The summed E-state index contributed by atoms with van der Waals surface area (Å²) in [6, 6.07) is 2.79. The molecule has 2 N–H and O–H groups in total. The molecule has 0 bridgehead atoms. The molecule has 0 atom stereocenters. The Kier molecular flexibility index (Phi) is 5.51. The van der Waals surface area contributed by atoms with Gasteiger partial charge in [0.05, 0.1) is 6.54 Å². The second-order valence-corrected chi connectivity index (χ2v) is 6.94. The summed E-state index contributed by atoms with van der Waals surface area (Å²) >= 11 is 1.90. The van der Waals surface area contributed by atoms with Gasteiger partial charge in [-0.05, 0) is 43.2 Å². The van der Waals surface area contributed by atoms with Crippen molar-refractivity contribution in [3.8, 4) is 0 Å². The highest BCUT2D eigenvalue weighted by Crippen LogP contribution is 2.23. The monoisotopic (exact) mass is 318 g/mol. The summed E-state index contributed by atoms with van der Waals surface area (Å²) in [6.45, 7) is 7.18. The number of rotatable bonds is 5. The fourth-order valence-corrected chi connectivity index (χ4v) is 3.94. The van der Waals surface area contributed by atoms with E-state index < -0.39 is 0 Å². The summed E-state index contributed by atoms with van der Waals surface area (Å²) in [5.41, 5.74) is 1.52. The average molecular weight is 318 g/mol. The van der Waals surface area contributed by atoms with Crippen molar-refractivity contribution in [2.45, 2.75) is 38.8 Å². The van der Waals surface area contributed by atoms with Crippen LogP contribution in [-0.2, 0) is 13.0 Å². The summed E-state index contributed by atoms with van der Waals surface area (Å²) in [5.74, 6) is 0.962. The Hall–Kier alpha value is -1.33. The first kappa shape index (κ1) is 15.6. The summed E-state index contributed by atoms with van der Waals surface area (Å²) in [6.07, 6.45) is 7.90. The van der Waals surface area contributed by atoms with Crippen molar-refractivity contribution in [2.24, 2.45) is 4.99 Å². The Balaban J connectivity index is 1.46. The lowest BCUT2D eigenvalue weighted by molar-refractivity contribution is 0.263. The molecule has 0 amide bonds. The Bertz CT molecular complexity index is 527. The third kappa shape index (κ3) is 4.11. The predicted octanol–water partition coefficient (Wildman–Crippen LogP) is 2.38. The summed E-state index contributed by atoms with van der Waals surface area (Å²) in [5, 5.41) is 9.10. The van der Waals surface area contributed by atoms with E-state index >= 15 is 0 Å². The molecule has 1 aliphatic heterocycles. The zero-order valence-corrected chi connectivity index (χ0v) is 14.2. The van der Waals surface area contributed by atoms with Gasteiger partial charge in [0.1, 0.15) is 0 Å². The van der Waals surface area contributed by atoms with Gasteiger partial charge in [0.15, 0.2) is 5.96 Å². The number of thiophene rings is 1. The Morgan fingerprint density at radius 1 is 1.41 bits per heavy atom. The van der Waals surface area contributed by atoms with Crippen LogP contribution in [0.1, 0.15) is 30.2 Å². The molecule has 0 fully saturated rings. The van der Waals surface area contributed by atoms with Crippen molar-refractivity contribution in [1.29, 1.82) is 0 Å². The highest BCUT2D eigenvalue weighted by atomic mass is 32.1. The Morgan fingerprint density at radius 2 is 2.27 bits per heavy atom. The predicted molar refractivity (Wildman–Crippen MR) is 94.6 cm³/mol. The van der Waals surface area contributed by atoms with Crippen molar-refractivity contribution in [3.63, 3.8) is 0 Å². The smallest absolute Gasteiger partial charge is 0.191 e. The minimum Gasteiger partial charge on any atom is -0.357 e. The molecule has 22 heavy (non-hydrogen) atoms. The maximum Gasteiger partial charge on any atom is 0.191 e. The van der Waals surface area contributed by atoms with Gasteiger partial charge >= 0.3 is 0 Å². The minimum atomic E-state index is 0.515. The zero-order chi connectivity index (χ0) is 15.2. The molecule has 1 aromatic rings. The van der Waals surface area contributed by atoms with Crippen molar-refractivity contribution < 1.29 is 0 Å². The summed E-state index contributed by atoms with van der Waals surface area (Å²) in [4.78, 5) is 8.83. The molecule has 120 valence electrons. The van der Waals surface area contributed by atoms with Crippen LogP contribution in [0, 0.1) is 0 Å². The number of fused-ring (bicyclic) bond motifs is 1. The number of nitrogens with zero attached hydrogens (tertiary/aromatic N) is 2. The van der Waals surface area contributed by atoms with Gasteiger partial charge in [0.25, 0.3) is 0 Å². The molecule has 2 aliphatic rings. The van der Waals surface area contributed by atoms with Crippen molar-refractivity contribution in [2.75, 3.05) is 26.2 Å². The van der Waals surface area contributed by atoms with E-state index in [1.54, 1.807) is 4.88 Å². The van der Waals surface area contributed by atoms with Crippen molar-refractivity contribution in [3.05, 3.63) is 34.0 Å². The Morgan fingerprint density at radius 3 is 3.09 bits per heavy atom. The number of aliphatic imine (C=N–C) groups is 1. The molecule has 0 saturated heterocycles. The van der Waals surface area contributed by atoms with Crippen LogP contribution in [0.4, 0.5) is 0 Å². The number of nitrogens with one attached hydrogen (secondary N) is 2. The van der Waals surface area contributed by atoms with Crippen LogP contribution in [0.25, 0.3) is 0 Å². The van der Waals surface area contributed by atoms with Crippen LogP contribution >= 0.6 is 11.3 Å². The molecule has 0 aromatic carbocycles. The van der Waals surface area contributed by atoms with Gasteiger partial charge < -0.3 is 10.6 Å². The highest BCUT2D eigenvalue weighted by molar-refractivity contribution is 7.10. The molecular weight excluding hydrogens is 292 g/mol. The molecule has 3 rings (SSSR count). The quantitative estimate of drug-likeness (QED) is 0.497. The first-order valence-corrected chi connectivity index (χ1v) is 9.20. The van der Waals surface area contributed by atoms with Gasteiger partial charge in [-0.25, -0.2) is 0 Å². The molecule has 0 unspecified atom stereocenters. The average Bonchev–Trinajstić information content (AvgIpc) is 3.18. The van der Waals surface area contributed by atoms with Crippen LogP contribution in [0.5, 0.6) is 0 Å². The second-order valence-electron chi connectivity index (χ2n) is 5.94. The maximum absolute atomic E-state index is 4.74. The lowest BCUT2D eigenvalue weighted by Crippen LogP contribution is -2.43. The minimum absolute atomic E-state index is 0.515. The molecule has 1 aromatic heterocycles. The topological polar surface area (TPSA) is 39.7 Å². The van der Waals surface area contributed by atoms with E-state index in [9.17, 15) is 0 Å². The molecule has 1 aliphatic carbocycles. The van der Waals surface area contributed by atoms with Crippen molar-refractivity contribution >= 4 is 17.3 Å². The first-order valence-electron chi connectivity index (χ1n) is 8.32. The lowest BCUT2D eigenvalue weighted by Gasteiger charge is -2.26. The number of hydrogen-bond donors (Lipinski definition) is 2. The molecule has 4 nitrogen and oxygen atoms in total. The van der Waals surface area contributed by atoms with E-state index in [1.807, 2.05) is 11.3 Å². The zero-order valence-electron chi connectivity index (χ0n) is 13.3. The number of hydrogen-bond acceptors (Lipinski definition) is 3. The van der Waals surface area contributed by atoms with Crippen LogP contribution in [0.2, 0.25) is 0 Å². The molecule has 0 spiro atoms. The largest absolute Gasteiger partial charge is 0.357 e. The summed E-state index contributed by atoms with van der Waals surface area (Å²) < 4.78 is 0. The molecular formula is C17H26N4S. The van der Waals surface area contributed by atoms with E-state index in [0.29, 0.717) is 6.04 Å². The van der Waals surface area contributed by atoms with Gasteiger partial charge in [-0.15, -0.1) is 11.3 Å². The standard InChI is InChI=1S/C17H26N4S/c1-2-18-17(20-15-5-3-4-6-15)19-9-11-21-10-7-16-14(13-21)8-12-22-16/h3-4,8,12,15H,2,5-7,9-11,13H2,1H3,(H2,18,19,20). The maximum atomic E-state index is 4.74. The molecule has 0 saturated carbocycles. The van der Waals surface area contributed by atoms with Gasteiger partial charge in [-0.1, -0.05) is 12.2 Å². The normalized spacial score (nSPS) is 19.4. The van der Waals surface area contributed by atoms with E-state index in [2.05, 4.69) is 46.1 Å². The van der Waals surface area contributed by atoms with Gasteiger partial charge in [0.2, 0.25) is 0 Å². The van der Waals surface area contributed by atoms with Crippen LogP contribution in [0.3, 0.4) is 0 Å². The van der Waals surface area contributed by atoms with E-state index in [1.165, 1.54) is 18.5 Å². The van der Waals surface area contributed by atoms with Gasteiger partial charge in [0, 0.05) is 37.1 Å². The molecule has 5 heteroatoms. The molecule has 2 heterocycles. The van der Waals surface area contributed by atoms with E-state index in [4.69, 9.17) is 4.99 Å².